The Hall–Kier alpha value is -1.87. The van der Waals surface area contributed by atoms with Crippen LogP contribution in [0.15, 0.2) is 12.3 Å². The molecule has 2 aromatic rings. The second-order valence-corrected chi connectivity index (χ2v) is 5.22. The normalized spacial score (nSPS) is 10.9. The molecule has 2 aromatic heterocycles. The van der Waals surface area contributed by atoms with Crippen molar-refractivity contribution in [1.29, 1.82) is 0 Å². The average Bonchev–Trinajstić information content (AvgIpc) is 2.80. The number of imidazole rings is 1. The fraction of sp³-hybridized carbons (Fsp3) is 0.333. The number of thioether (sulfide) groups is 1. The van der Waals surface area contributed by atoms with E-state index in [0.717, 1.165) is 18.0 Å². The Labute approximate surface area is 123 Å². The predicted octanol–water partition coefficient (Wildman–Crippen LogP) is 1.44. The molecule has 21 heavy (non-hydrogen) atoms. The van der Waals surface area contributed by atoms with Gasteiger partial charge in [-0.1, -0.05) is 0 Å². The lowest BCUT2D eigenvalue weighted by Crippen LogP contribution is -2.27. The number of hydrogen-bond donors (Lipinski definition) is 3. The number of aromatic nitrogens is 2. The highest BCUT2D eigenvalue weighted by atomic mass is 32.2. The Bertz CT molecular complexity index is 662. The van der Waals surface area contributed by atoms with Crippen LogP contribution in [0.5, 0.6) is 0 Å². The number of pyridine rings is 1. The van der Waals surface area contributed by atoms with Gasteiger partial charge in [0.05, 0.1) is 12.2 Å². The summed E-state index contributed by atoms with van der Waals surface area (Å²) < 4.78 is 28.5. The minimum Gasteiger partial charge on any atom is -0.359 e. The van der Waals surface area contributed by atoms with Gasteiger partial charge in [0.15, 0.2) is 11.5 Å². The second-order valence-electron chi connectivity index (χ2n) is 4.24. The fourth-order valence-corrected chi connectivity index (χ4v) is 2.30. The number of fused-ring (bicyclic) bond motifs is 1. The molecule has 0 unspecified atom stereocenters. The van der Waals surface area contributed by atoms with Gasteiger partial charge in [0.2, 0.25) is 0 Å². The molecule has 0 spiro atoms. The van der Waals surface area contributed by atoms with Gasteiger partial charge in [-0.05, 0) is 12.0 Å². The van der Waals surface area contributed by atoms with Crippen molar-refractivity contribution < 1.29 is 18.8 Å². The smallest absolute Gasteiger partial charge is 0.262 e. The van der Waals surface area contributed by atoms with Gasteiger partial charge < -0.3 is 5.32 Å². The van der Waals surface area contributed by atoms with E-state index in [9.17, 15) is 13.6 Å². The van der Waals surface area contributed by atoms with Crippen molar-refractivity contribution in [2.24, 2.45) is 0 Å². The van der Waals surface area contributed by atoms with Crippen molar-refractivity contribution in [3.05, 3.63) is 29.6 Å². The average molecular weight is 316 g/mol. The Kier molecular flexibility index (Phi) is 4.97. The summed E-state index contributed by atoms with van der Waals surface area (Å²) in [5, 5.41) is 11.2. The molecule has 0 aromatic carbocycles. The highest BCUT2D eigenvalue weighted by molar-refractivity contribution is 7.98. The summed E-state index contributed by atoms with van der Waals surface area (Å²) in [7, 11) is 0. The maximum absolute atomic E-state index is 13.8. The SMILES string of the molecule is CSCCc1c(NCC(=O)NO)nc2c(F)cc(F)cn12. The molecule has 0 aliphatic heterocycles. The first-order valence-corrected chi connectivity index (χ1v) is 7.48. The van der Waals surface area contributed by atoms with Crippen LogP contribution >= 0.6 is 11.8 Å². The molecule has 2 heterocycles. The van der Waals surface area contributed by atoms with Crippen molar-refractivity contribution in [2.75, 3.05) is 23.9 Å². The van der Waals surface area contributed by atoms with Crippen molar-refractivity contribution in [1.82, 2.24) is 14.9 Å². The van der Waals surface area contributed by atoms with Gasteiger partial charge in [0.1, 0.15) is 11.6 Å². The van der Waals surface area contributed by atoms with E-state index in [1.165, 1.54) is 9.88 Å². The largest absolute Gasteiger partial charge is 0.359 e. The monoisotopic (exact) mass is 316 g/mol. The Balaban J connectivity index is 2.42. The first-order chi connectivity index (χ1) is 10.1. The highest BCUT2D eigenvalue weighted by Gasteiger charge is 2.16. The van der Waals surface area contributed by atoms with Gasteiger partial charge >= 0.3 is 0 Å². The van der Waals surface area contributed by atoms with Gasteiger partial charge in [0, 0.05) is 18.7 Å². The molecule has 0 bridgehead atoms. The lowest BCUT2D eigenvalue weighted by atomic mass is 10.3. The summed E-state index contributed by atoms with van der Waals surface area (Å²) >= 11 is 1.58. The van der Waals surface area contributed by atoms with E-state index in [1.807, 2.05) is 6.26 Å². The second kappa shape index (κ2) is 6.72. The van der Waals surface area contributed by atoms with Crippen molar-refractivity contribution in [3.8, 4) is 0 Å². The molecule has 0 fully saturated rings. The van der Waals surface area contributed by atoms with Crippen LogP contribution in [0, 0.1) is 11.6 Å². The van der Waals surface area contributed by atoms with Crippen molar-refractivity contribution in [2.45, 2.75) is 6.42 Å². The zero-order valence-electron chi connectivity index (χ0n) is 11.2. The predicted molar refractivity (Wildman–Crippen MR) is 75.6 cm³/mol. The van der Waals surface area contributed by atoms with Crippen LogP contribution in [-0.2, 0) is 11.2 Å². The minimum atomic E-state index is -0.778. The molecule has 0 atom stereocenters. The molecular weight excluding hydrogens is 302 g/mol. The number of nitrogens with zero attached hydrogens (tertiary/aromatic N) is 2. The Morgan fingerprint density at radius 1 is 1.52 bits per heavy atom. The lowest BCUT2D eigenvalue weighted by Gasteiger charge is -2.06. The van der Waals surface area contributed by atoms with Crippen LogP contribution in [0.4, 0.5) is 14.6 Å². The van der Waals surface area contributed by atoms with Crippen molar-refractivity contribution in [3.63, 3.8) is 0 Å². The van der Waals surface area contributed by atoms with Crippen LogP contribution in [0.2, 0.25) is 0 Å². The van der Waals surface area contributed by atoms with Gasteiger partial charge in [-0.2, -0.15) is 11.8 Å². The molecule has 9 heteroatoms. The van der Waals surface area contributed by atoms with Crippen molar-refractivity contribution >= 4 is 29.1 Å². The lowest BCUT2D eigenvalue weighted by molar-refractivity contribution is -0.127. The summed E-state index contributed by atoms with van der Waals surface area (Å²) in [6.45, 7) is -0.225. The Morgan fingerprint density at radius 3 is 2.95 bits per heavy atom. The van der Waals surface area contributed by atoms with Crippen LogP contribution < -0.4 is 10.8 Å². The van der Waals surface area contributed by atoms with E-state index in [2.05, 4.69) is 10.3 Å². The van der Waals surface area contributed by atoms with Crippen LogP contribution in [-0.4, -0.2) is 39.1 Å². The number of amides is 1. The van der Waals surface area contributed by atoms with E-state index in [-0.39, 0.29) is 18.0 Å². The standard InChI is InChI=1S/C12H14F2N4O2S/c1-21-3-2-9-11(15-5-10(19)17-20)16-12-8(14)4-7(13)6-18(9)12/h4,6,15,20H,2-3,5H2,1H3,(H,17,19). The third kappa shape index (κ3) is 3.42. The van der Waals surface area contributed by atoms with E-state index in [4.69, 9.17) is 5.21 Å². The molecule has 2 rings (SSSR count). The van der Waals surface area contributed by atoms with Crippen LogP contribution in [0.25, 0.3) is 5.65 Å². The molecular formula is C12H14F2N4O2S. The minimum absolute atomic E-state index is 0.0144. The van der Waals surface area contributed by atoms with E-state index < -0.39 is 17.5 Å². The number of carbonyl (C=O) groups excluding carboxylic acids is 1. The first kappa shape index (κ1) is 15.5. The third-order valence-electron chi connectivity index (χ3n) is 2.82. The van der Waals surface area contributed by atoms with Gasteiger partial charge in [0.25, 0.3) is 5.91 Å². The number of rotatable bonds is 6. The number of hydroxylamine groups is 1. The zero-order valence-corrected chi connectivity index (χ0v) is 12.0. The Morgan fingerprint density at radius 2 is 2.29 bits per heavy atom. The summed E-state index contributed by atoms with van der Waals surface area (Å²) in [5.74, 6) is -1.12. The molecule has 0 saturated carbocycles. The molecule has 0 radical (unpaired) electrons. The maximum atomic E-state index is 13.8. The van der Waals surface area contributed by atoms with E-state index in [1.54, 1.807) is 11.8 Å². The number of nitrogens with one attached hydrogen (secondary N) is 2. The fourth-order valence-electron chi connectivity index (χ4n) is 1.90. The number of carbonyl (C=O) groups is 1. The molecule has 0 aliphatic rings. The molecule has 6 nitrogen and oxygen atoms in total. The highest BCUT2D eigenvalue weighted by Crippen LogP contribution is 2.22. The topological polar surface area (TPSA) is 78.7 Å². The van der Waals surface area contributed by atoms with Gasteiger partial charge in [-0.15, -0.1) is 0 Å². The van der Waals surface area contributed by atoms with E-state index >= 15 is 0 Å². The van der Waals surface area contributed by atoms with Gasteiger partial charge in [-0.3, -0.25) is 14.4 Å². The molecule has 0 aliphatic carbocycles. The summed E-state index contributed by atoms with van der Waals surface area (Å²) in [5.41, 5.74) is 2.04. The summed E-state index contributed by atoms with van der Waals surface area (Å²) in [6, 6.07) is 0.755. The quantitative estimate of drug-likeness (QED) is 0.555. The van der Waals surface area contributed by atoms with Crippen LogP contribution in [0.1, 0.15) is 5.69 Å². The molecule has 114 valence electrons. The molecule has 1 amide bonds. The van der Waals surface area contributed by atoms with E-state index in [0.29, 0.717) is 12.1 Å². The number of anilines is 1. The van der Waals surface area contributed by atoms with Gasteiger partial charge in [-0.25, -0.2) is 19.2 Å². The third-order valence-corrected chi connectivity index (χ3v) is 3.44. The number of hydrogen-bond acceptors (Lipinski definition) is 5. The number of halogens is 2. The van der Waals surface area contributed by atoms with Crippen LogP contribution in [0.3, 0.4) is 0 Å². The zero-order chi connectivity index (χ0) is 15.4. The summed E-state index contributed by atoms with van der Waals surface area (Å²) in [6.07, 6.45) is 3.59. The molecule has 3 N–H and O–H groups in total. The maximum Gasteiger partial charge on any atom is 0.262 e. The number of aryl methyl sites for hydroxylation is 1. The molecule has 0 saturated heterocycles. The summed E-state index contributed by atoms with van der Waals surface area (Å²) in [4.78, 5) is 15.1. The first-order valence-electron chi connectivity index (χ1n) is 6.08.